The highest BCUT2D eigenvalue weighted by Gasteiger charge is 2.28. The summed E-state index contributed by atoms with van der Waals surface area (Å²) in [6.45, 7) is 4.56. The number of piperazine rings is 1. The molecule has 2 aromatic carbocycles. The van der Waals surface area contributed by atoms with Crippen molar-refractivity contribution >= 4 is 11.6 Å². The van der Waals surface area contributed by atoms with E-state index in [1.165, 1.54) is 0 Å². The average molecular weight is 294 g/mol. The van der Waals surface area contributed by atoms with Crippen molar-refractivity contribution in [2.45, 2.75) is 0 Å². The molecule has 2 aromatic rings. The number of hydrogen-bond donors (Lipinski definition) is 2. The molecule has 0 unspecified atom stereocenters. The summed E-state index contributed by atoms with van der Waals surface area (Å²) < 4.78 is 0. The minimum absolute atomic E-state index is 0.0641. The maximum Gasteiger partial charge on any atom is 0.194 e. The third-order valence-corrected chi connectivity index (χ3v) is 3.79. The van der Waals surface area contributed by atoms with E-state index in [0.717, 1.165) is 26.2 Å². The van der Waals surface area contributed by atoms with Gasteiger partial charge in [0.1, 0.15) is 0 Å². The first-order valence-corrected chi connectivity index (χ1v) is 7.48. The number of carbonyl (C=O) groups is 2. The van der Waals surface area contributed by atoms with Crippen LogP contribution in [-0.4, -0.2) is 37.7 Å². The van der Waals surface area contributed by atoms with E-state index >= 15 is 0 Å². The van der Waals surface area contributed by atoms with Crippen molar-refractivity contribution < 1.29 is 9.59 Å². The quantitative estimate of drug-likeness (QED) is 0.662. The van der Waals surface area contributed by atoms with Crippen molar-refractivity contribution in [1.82, 2.24) is 10.6 Å². The fourth-order valence-electron chi connectivity index (χ4n) is 2.65. The molecule has 1 aliphatic carbocycles. The average Bonchev–Trinajstić information content (AvgIpc) is 2.62. The van der Waals surface area contributed by atoms with Crippen molar-refractivity contribution in [2.75, 3.05) is 26.2 Å². The van der Waals surface area contributed by atoms with Gasteiger partial charge in [-0.3, -0.25) is 9.59 Å². The van der Waals surface area contributed by atoms with Crippen molar-refractivity contribution in [3.63, 3.8) is 0 Å². The molecule has 1 saturated heterocycles. The van der Waals surface area contributed by atoms with Gasteiger partial charge in [-0.1, -0.05) is 48.5 Å². The van der Waals surface area contributed by atoms with Crippen LogP contribution >= 0.6 is 0 Å². The first kappa shape index (κ1) is 14.6. The van der Waals surface area contributed by atoms with Crippen molar-refractivity contribution in [2.24, 2.45) is 0 Å². The third-order valence-electron chi connectivity index (χ3n) is 3.79. The zero-order valence-corrected chi connectivity index (χ0v) is 12.3. The second-order valence-corrected chi connectivity index (χ2v) is 5.25. The van der Waals surface area contributed by atoms with Gasteiger partial charge in [-0.05, 0) is 0 Å². The standard InChI is InChI=1S/C14H8O2.C4H10N2/c15-13-9-5-1-2-6-10(9)14(16)12-8-4-3-7-11(12)13;1-2-6-4-3-5-1/h1-8H;5-6H,1-4H2. The van der Waals surface area contributed by atoms with Crippen molar-refractivity contribution in [1.29, 1.82) is 0 Å². The molecule has 112 valence electrons. The van der Waals surface area contributed by atoms with E-state index in [0.29, 0.717) is 22.3 Å². The second kappa shape index (κ2) is 6.64. The number of ketones is 2. The second-order valence-electron chi connectivity index (χ2n) is 5.25. The minimum Gasteiger partial charge on any atom is -0.314 e. The Morgan fingerprint density at radius 3 is 1.05 bits per heavy atom. The molecule has 2 N–H and O–H groups in total. The van der Waals surface area contributed by atoms with E-state index in [4.69, 9.17) is 0 Å². The number of nitrogens with one attached hydrogen (secondary N) is 2. The Morgan fingerprint density at radius 1 is 0.545 bits per heavy atom. The largest absolute Gasteiger partial charge is 0.314 e. The summed E-state index contributed by atoms with van der Waals surface area (Å²) in [6.07, 6.45) is 0. The van der Waals surface area contributed by atoms with Crippen LogP contribution < -0.4 is 10.6 Å². The van der Waals surface area contributed by atoms with Crippen LogP contribution in [0.3, 0.4) is 0 Å². The number of benzene rings is 2. The molecule has 4 heteroatoms. The van der Waals surface area contributed by atoms with Gasteiger partial charge < -0.3 is 10.6 Å². The van der Waals surface area contributed by atoms with Crippen LogP contribution in [0.5, 0.6) is 0 Å². The molecule has 0 spiro atoms. The highest BCUT2D eigenvalue weighted by Crippen LogP contribution is 2.26. The molecule has 0 amide bonds. The van der Waals surface area contributed by atoms with E-state index in [2.05, 4.69) is 10.6 Å². The summed E-state index contributed by atoms with van der Waals surface area (Å²) >= 11 is 0. The first-order chi connectivity index (χ1) is 10.8. The normalized spacial score (nSPS) is 16.2. The molecule has 4 rings (SSSR count). The zero-order chi connectivity index (χ0) is 15.4. The topological polar surface area (TPSA) is 58.2 Å². The molecule has 1 fully saturated rings. The van der Waals surface area contributed by atoms with Gasteiger partial charge in [-0.15, -0.1) is 0 Å². The van der Waals surface area contributed by atoms with E-state index in [9.17, 15) is 9.59 Å². The summed E-state index contributed by atoms with van der Waals surface area (Å²) in [4.78, 5) is 24.2. The molecule has 2 aliphatic rings. The van der Waals surface area contributed by atoms with Gasteiger partial charge in [0.2, 0.25) is 0 Å². The molecule has 22 heavy (non-hydrogen) atoms. The Kier molecular flexibility index (Phi) is 4.42. The van der Waals surface area contributed by atoms with Gasteiger partial charge in [-0.25, -0.2) is 0 Å². The van der Waals surface area contributed by atoms with E-state index < -0.39 is 0 Å². The molecule has 0 radical (unpaired) electrons. The predicted octanol–water partition coefficient (Wildman–Crippen LogP) is 1.64. The molecule has 1 aliphatic heterocycles. The SMILES string of the molecule is C1CNCCN1.O=C1c2ccccc2C(=O)c2ccccc21. The van der Waals surface area contributed by atoms with Crippen LogP contribution in [0.4, 0.5) is 0 Å². The number of hydrogen-bond acceptors (Lipinski definition) is 4. The van der Waals surface area contributed by atoms with Crippen LogP contribution in [0.2, 0.25) is 0 Å². The third kappa shape index (κ3) is 2.84. The lowest BCUT2D eigenvalue weighted by Crippen LogP contribution is -2.39. The van der Waals surface area contributed by atoms with Gasteiger partial charge >= 0.3 is 0 Å². The highest BCUT2D eigenvalue weighted by molar-refractivity contribution is 6.28. The fraction of sp³-hybridized carbons (Fsp3) is 0.222. The van der Waals surface area contributed by atoms with Gasteiger partial charge in [0, 0.05) is 48.4 Å². The van der Waals surface area contributed by atoms with Crippen LogP contribution in [-0.2, 0) is 0 Å². The lowest BCUT2D eigenvalue weighted by molar-refractivity contribution is 0.0979. The van der Waals surface area contributed by atoms with Crippen molar-refractivity contribution in [3.8, 4) is 0 Å². The molecular weight excluding hydrogens is 276 g/mol. The van der Waals surface area contributed by atoms with Gasteiger partial charge in [0.25, 0.3) is 0 Å². The number of carbonyl (C=O) groups excluding carboxylic acids is 2. The van der Waals surface area contributed by atoms with Crippen molar-refractivity contribution in [3.05, 3.63) is 70.8 Å². The zero-order valence-electron chi connectivity index (χ0n) is 12.3. The lowest BCUT2D eigenvalue weighted by atomic mass is 9.84. The Hall–Kier alpha value is -2.30. The first-order valence-electron chi connectivity index (χ1n) is 7.48. The van der Waals surface area contributed by atoms with E-state index in [1.54, 1.807) is 48.5 Å². The van der Waals surface area contributed by atoms with Gasteiger partial charge in [0.05, 0.1) is 0 Å². The monoisotopic (exact) mass is 294 g/mol. The van der Waals surface area contributed by atoms with Crippen LogP contribution in [0, 0.1) is 0 Å². The molecule has 0 saturated carbocycles. The summed E-state index contributed by atoms with van der Waals surface area (Å²) in [7, 11) is 0. The van der Waals surface area contributed by atoms with Gasteiger partial charge in [-0.2, -0.15) is 0 Å². The minimum atomic E-state index is -0.0641. The Bertz CT molecular complexity index is 589. The predicted molar refractivity (Wildman–Crippen MR) is 85.5 cm³/mol. The van der Waals surface area contributed by atoms with Gasteiger partial charge in [0.15, 0.2) is 11.6 Å². The molecule has 1 heterocycles. The molecule has 4 nitrogen and oxygen atoms in total. The summed E-state index contributed by atoms with van der Waals surface area (Å²) in [6, 6.07) is 13.9. The van der Waals surface area contributed by atoms with Crippen LogP contribution in [0.25, 0.3) is 0 Å². The number of fused-ring (bicyclic) bond motifs is 2. The summed E-state index contributed by atoms with van der Waals surface area (Å²) in [5.41, 5.74) is 2.02. The number of rotatable bonds is 0. The van der Waals surface area contributed by atoms with Crippen LogP contribution in [0.15, 0.2) is 48.5 Å². The fourth-order valence-corrected chi connectivity index (χ4v) is 2.65. The van der Waals surface area contributed by atoms with E-state index in [1.807, 2.05) is 0 Å². The molecule has 0 atom stereocenters. The maximum atomic E-state index is 12.1. The summed E-state index contributed by atoms with van der Waals surface area (Å²) in [5, 5.41) is 6.44. The van der Waals surface area contributed by atoms with E-state index in [-0.39, 0.29) is 11.6 Å². The molecule has 0 bridgehead atoms. The molecule has 0 aromatic heterocycles. The Balaban J connectivity index is 0.000000202. The maximum absolute atomic E-state index is 12.1. The Morgan fingerprint density at radius 2 is 0.818 bits per heavy atom. The van der Waals surface area contributed by atoms with Crippen LogP contribution in [0.1, 0.15) is 31.8 Å². The smallest absolute Gasteiger partial charge is 0.194 e. The highest BCUT2D eigenvalue weighted by atomic mass is 16.1. The Labute approximate surface area is 129 Å². The molecular formula is C18H18N2O2. The summed E-state index contributed by atoms with van der Waals surface area (Å²) in [5.74, 6) is -0.128. The lowest BCUT2D eigenvalue weighted by Gasteiger charge is -2.16.